The molecule has 11 rings (SSSR count). The maximum absolute atomic E-state index is 6.34. The molecule has 244 valence electrons. The number of furan rings is 1. The van der Waals surface area contributed by atoms with Crippen LogP contribution in [0.25, 0.3) is 53.2 Å². The van der Waals surface area contributed by atoms with Crippen LogP contribution in [-0.2, 0) is 5.41 Å². The predicted molar refractivity (Wildman–Crippen MR) is 219 cm³/mol. The van der Waals surface area contributed by atoms with Crippen molar-refractivity contribution in [1.29, 1.82) is 0 Å². The van der Waals surface area contributed by atoms with E-state index in [2.05, 4.69) is 187 Å². The minimum absolute atomic E-state index is 0.498. The van der Waals surface area contributed by atoms with Crippen molar-refractivity contribution in [3.8, 4) is 11.1 Å². The van der Waals surface area contributed by atoms with Crippen molar-refractivity contribution in [3.05, 3.63) is 210 Å². The molecular weight excluding hydrogens is 651 g/mol. The molecule has 8 aromatic carbocycles. The second-order valence-corrected chi connectivity index (χ2v) is 14.7. The standard InChI is InChI=1S/C49H31NOS/c1-3-15-32(16-4-1)49(33-17-5-2-6-18-33)39-22-10-7-20-36(39)47-40(49)23-13-24-41(47)50(34-29-30-44-38(31-34)35-19-8-11-26-43(35)51-44)42-25-14-28-46-48(42)37-21-9-12-27-45(37)52-46/h1-31H. The number of para-hydroxylation sites is 1. The van der Waals surface area contributed by atoms with E-state index in [1.165, 1.54) is 53.6 Å². The van der Waals surface area contributed by atoms with Gasteiger partial charge in [-0.25, -0.2) is 0 Å². The Balaban J connectivity index is 1.28. The van der Waals surface area contributed by atoms with Gasteiger partial charge in [0, 0.05) is 42.2 Å². The molecule has 0 atom stereocenters. The number of fused-ring (bicyclic) bond motifs is 9. The Morgan fingerprint density at radius 3 is 1.88 bits per heavy atom. The molecule has 1 aliphatic carbocycles. The van der Waals surface area contributed by atoms with Gasteiger partial charge in [0.1, 0.15) is 11.2 Å². The zero-order valence-electron chi connectivity index (χ0n) is 28.2. The van der Waals surface area contributed by atoms with Crippen LogP contribution in [-0.4, -0.2) is 0 Å². The molecule has 0 spiro atoms. The maximum Gasteiger partial charge on any atom is 0.135 e. The number of hydrogen-bond donors (Lipinski definition) is 0. The van der Waals surface area contributed by atoms with Crippen molar-refractivity contribution in [3.63, 3.8) is 0 Å². The van der Waals surface area contributed by atoms with Gasteiger partial charge >= 0.3 is 0 Å². The van der Waals surface area contributed by atoms with E-state index in [-0.39, 0.29) is 0 Å². The average Bonchev–Trinajstić information content (AvgIpc) is 3.88. The Labute approximate surface area is 305 Å². The van der Waals surface area contributed by atoms with E-state index < -0.39 is 5.41 Å². The second kappa shape index (κ2) is 11.3. The number of nitrogens with zero attached hydrogens (tertiary/aromatic N) is 1. The summed E-state index contributed by atoms with van der Waals surface area (Å²) in [5, 5.41) is 4.76. The van der Waals surface area contributed by atoms with E-state index >= 15 is 0 Å². The highest BCUT2D eigenvalue weighted by Crippen LogP contribution is 2.60. The van der Waals surface area contributed by atoms with E-state index in [0.29, 0.717) is 0 Å². The normalized spacial score (nSPS) is 13.2. The molecule has 0 N–H and O–H groups in total. The Morgan fingerprint density at radius 1 is 0.442 bits per heavy atom. The molecule has 0 unspecified atom stereocenters. The molecule has 2 heterocycles. The lowest BCUT2D eigenvalue weighted by Crippen LogP contribution is -2.28. The molecule has 0 bridgehead atoms. The van der Waals surface area contributed by atoms with Crippen molar-refractivity contribution in [2.24, 2.45) is 0 Å². The van der Waals surface area contributed by atoms with Gasteiger partial charge in [0.2, 0.25) is 0 Å². The van der Waals surface area contributed by atoms with Gasteiger partial charge in [-0.2, -0.15) is 0 Å². The highest BCUT2D eigenvalue weighted by molar-refractivity contribution is 7.26. The summed E-state index contributed by atoms with van der Waals surface area (Å²) in [6.07, 6.45) is 0. The van der Waals surface area contributed by atoms with Crippen LogP contribution in [0.4, 0.5) is 17.1 Å². The summed E-state index contributed by atoms with van der Waals surface area (Å²) >= 11 is 1.86. The second-order valence-electron chi connectivity index (χ2n) is 13.6. The van der Waals surface area contributed by atoms with Gasteiger partial charge in [0.05, 0.1) is 16.8 Å². The van der Waals surface area contributed by atoms with Gasteiger partial charge in [-0.1, -0.05) is 140 Å². The molecule has 3 heteroatoms. The van der Waals surface area contributed by atoms with Crippen LogP contribution in [0.15, 0.2) is 192 Å². The first-order valence-electron chi connectivity index (χ1n) is 17.8. The molecule has 2 aromatic heterocycles. The first-order valence-corrected chi connectivity index (χ1v) is 18.6. The fourth-order valence-electron chi connectivity index (χ4n) is 8.86. The van der Waals surface area contributed by atoms with E-state index in [1.54, 1.807) is 0 Å². The summed E-state index contributed by atoms with van der Waals surface area (Å²) < 4.78 is 8.90. The van der Waals surface area contributed by atoms with Gasteiger partial charge in [-0.15, -0.1) is 11.3 Å². The summed E-state index contributed by atoms with van der Waals surface area (Å²) in [6.45, 7) is 0. The topological polar surface area (TPSA) is 16.4 Å². The summed E-state index contributed by atoms with van der Waals surface area (Å²) in [5.74, 6) is 0. The van der Waals surface area contributed by atoms with E-state index in [1.807, 2.05) is 17.4 Å². The summed E-state index contributed by atoms with van der Waals surface area (Å²) in [5.41, 5.74) is 12.3. The lowest BCUT2D eigenvalue weighted by Gasteiger charge is -2.34. The van der Waals surface area contributed by atoms with Crippen LogP contribution in [0.1, 0.15) is 22.3 Å². The summed E-state index contributed by atoms with van der Waals surface area (Å²) in [4.78, 5) is 2.50. The molecule has 0 amide bonds. The largest absolute Gasteiger partial charge is 0.456 e. The molecule has 2 nitrogen and oxygen atoms in total. The van der Waals surface area contributed by atoms with Crippen LogP contribution in [0.5, 0.6) is 0 Å². The number of hydrogen-bond acceptors (Lipinski definition) is 3. The summed E-state index contributed by atoms with van der Waals surface area (Å²) in [6, 6.07) is 68.6. The minimum atomic E-state index is -0.498. The van der Waals surface area contributed by atoms with Crippen molar-refractivity contribution in [1.82, 2.24) is 0 Å². The van der Waals surface area contributed by atoms with Gasteiger partial charge < -0.3 is 9.32 Å². The monoisotopic (exact) mass is 681 g/mol. The fraction of sp³-hybridized carbons (Fsp3) is 0.0204. The Bertz CT molecular complexity index is 2930. The lowest BCUT2D eigenvalue weighted by molar-refractivity contribution is 0.669. The van der Waals surface area contributed by atoms with Gasteiger partial charge in [0.15, 0.2) is 0 Å². The maximum atomic E-state index is 6.34. The molecular formula is C49H31NOS. The number of benzene rings is 8. The quantitative estimate of drug-likeness (QED) is 0.180. The molecule has 52 heavy (non-hydrogen) atoms. The van der Waals surface area contributed by atoms with E-state index in [9.17, 15) is 0 Å². The van der Waals surface area contributed by atoms with Crippen molar-refractivity contribution in [2.45, 2.75) is 5.41 Å². The SMILES string of the molecule is c1ccc(C2(c3ccccc3)c3ccccc3-c3c(N(c4ccc5oc6ccccc6c5c4)c4cccc5sc6ccccc6c45)cccc32)cc1. The smallest absolute Gasteiger partial charge is 0.135 e. The first-order chi connectivity index (χ1) is 25.8. The van der Waals surface area contributed by atoms with Crippen LogP contribution in [0.3, 0.4) is 0 Å². The van der Waals surface area contributed by atoms with Crippen molar-refractivity contribution >= 4 is 70.5 Å². The molecule has 0 fully saturated rings. The predicted octanol–water partition coefficient (Wildman–Crippen LogP) is 13.8. The van der Waals surface area contributed by atoms with Gasteiger partial charge in [-0.3, -0.25) is 0 Å². The molecule has 0 saturated carbocycles. The molecule has 0 saturated heterocycles. The Kier molecular flexibility index (Phi) is 6.37. The highest BCUT2D eigenvalue weighted by atomic mass is 32.1. The third-order valence-electron chi connectivity index (χ3n) is 10.9. The molecule has 0 radical (unpaired) electrons. The van der Waals surface area contributed by atoms with Crippen LogP contribution in [0, 0.1) is 0 Å². The van der Waals surface area contributed by atoms with E-state index in [4.69, 9.17) is 4.42 Å². The highest BCUT2D eigenvalue weighted by Gasteiger charge is 2.47. The van der Waals surface area contributed by atoms with Crippen LogP contribution in [0.2, 0.25) is 0 Å². The zero-order valence-corrected chi connectivity index (χ0v) is 29.0. The van der Waals surface area contributed by atoms with Gasteiger partial charge in [-0.05, 0) is 76.3 Å². The third-order valence-corrected chi connectivity index (χ3v) is 12.1. The van der Waals surface area contributed by atoms with Gasteiger partial charge in [0.25, 0.3) is 0 Å². The Hall–Kier alpha value is -6.42. The Morgan fingerprint density at radius 2 is 1.06 bits per heavy atom. The molecule has 10 aromatic rings. The van der Waals surface area contributed by atoms with Crippen LogP contribution < -0.4 is 4.90 Å². The average molecular weight is 682 g/mol. The van der Waals surface area contributed by atoms with E-state index in [0.717, 1.165) is 39.0 Å². The first kappa shape index (κ1) is 29.3. The number of rotatable bonds is 5. The zero-order chi connectivity index (χ0) is 34.2. The van der Waals surface area contributed by atoms with Crippen molar-refractivity contribution < 1.29 is 4.42 Å². The third kappa shape index (κ3) is 4.06. The minimum Gasteiger partial charge on any atom is -0.456 e. The molecule has 1 aliphatic rings. The summed E-state index contributed by atoms with van der Waals surface area (Å²) in [7, 11) is 0. The van der Waals surface area contributed by atoms with Crippen molar-refractivity contribution in [2.75, 3.05) is 4.90 Å². The van der Waals surface area contributed by atoms with Crippen LogP contribution >= 0.6 is 11.3 Å². The lowest BCUT2D eigenvalue weighted by atomic mass is 9.68. The number of thiophene rings is 1. The number of anilines is 3. The fourth-order valence-corrected chi connectivity index (χ4v) is 9.99. The molecule has 0 aliphatic heterocycles.